The van der Waals surface area contributed by atoms with Gasteiger partial charge in [0.05, 0.1) is 4.88 Å². The Kier molecular flexibility index (Phi) is 5.98. The van der Waals surface area contributed by atoms with Crippen molar-refractivity contribution in [3.63, 3.8) is 0 Å². The quantitative estimate of drug-likeness (QED) is 0.530. The summed E-state index contributed by atoms with van der Waals surface area (Å²) in [6.45, 7) is 3.30. The molecule has 0 spiro atoms. The number of thiophene rings is 1. The Labute approximate surface area is 186 Å². The maximum absolute atomic E-state index is 13.0. The predicted octanol–water partition coefficient (Wildman–Crippen LogP) is 5.76. The first-order valence-corrected chi connectivity index (χ1v) is 11.0. The van der Waals surface area contributed by atoms with E-state index in [0.29, 0.717) is 40.6 Å². The van der Waals surface area contributed by atoms with Crippen LogP contribution in [0.15, 0.2) is 36.4 Å². The van der Waals surface area contributed by atoms with E-state index < -0.39 is 11.9 Å². The molecule has 9 heteroatoms. The molecule has 1 amide bonds. The van der Waals surface area contributed by atoms with Gasteiger partial charge in [0, 0.05) is 35.6 Å². The van der Waals surface area contributed by atoms with E-state index >= 15 is 0 Å². The third kappa shape index (κ3) is 4.42. The van der Waals surface area contributed by atoms with Crippen molar-refractivity contribution in [2.75, 3.05) is 19.8 Å². The lowest BCUT2D eigenvalue weighted by Gasteiger charge is -2.38. The fraction of sp³-hybridized carbons (Fsp3) is 0.364. The summed E-state index contributed by atoms with van der Waals surface area (Å²) < 4.78 is 44.5. The van der Waals surface area contributed by atoms with Crippen molar-refractivity contribution >= 4 is 39.1 Å². The molecule has 1 fully saturated rings. The number of alkyl halides is 3. The normalized spacial score (nSPS) is 16.4. The highest BCUT2D eigenvalue weighted by Crippen LogP contribution is 2.36. The number of carbonyl (C=O) groups excluding carboxylic acids is 1. The standard InChI is InChI=1S/C22H20ClF3N2O2S/c1-13-16-6-7-17(22(24,25)26)28-20(16)31-18(13)19(29)27-12-21(8-10-30-11-9-21)14-2-4-15(23)5-3-14/h2-7H,8-12H2,1H3,(H,27,29). The van der Waals surface area contributed by atoms with Crippen molar-refractivity contribution in [3.8, 4) is 0 Å². The van der Waals surface area contributed by atoms with E-state index in [1.54, 1.807) is 6.92 Å². The van der Waals surface area contributed by atoms with Crippen molar-refractivity contribution in [3.05, 3.63) is 63.1 Å². The van der Waals surface area contributed by atoms with E-state index in [2.05, 4.69) is 10.3 Å². The Bertz CT molecular complexity index is 1110. The summed E-state index contributed by atoms with van der Waals surface area (Å²) in [5.41, 5.74) is 0.457. The first-order chi connectivity index (χ1) is 14.7. The van der Waals surface area contributed by atoms with Crippen LogP contribution in [0.2, 0.25) is 5.02 Å². The summed E-state index contributed by atoms with van der Waals surface area (Å²) >= 11 is 7.01. The summed E-state index contributed by atoms with van der Waals surface area (Å²) in [5.74, 6) is -0.311. The molecule has 3 aromatic rings. The van der Waals surface area contributed by atoms with E-state index in [1.807, 2.05) is 24.3 Å². The molecule has 4 rings (SSSR count). The number of carbonyl (C=O) groups is 1. The molecule has 1 N–H and O–H groups in total. The average molecular weight is 469 g/mol. The second-order valence-electron chi connectivity index (χ2n) is 7.69. The summed E-state index contributed by atoms with van der Waals surface area (Å²) in [5, 5.41) is 4.20. The van der Waals surface area contributed by atoms with Crippen LogP contribution in [0, 0.1) is 6.92 Å². The molecule has 2 aromatic heterocycles. The molecule has 0 atom stereocenters. The molecule has 4 nitrogen and oxygen atoms in total. The number of halogens is 4. The maximum Gasteiger partial charge on any atom is 0.433 e. The number of amides is 1. The summed E-state index contributed by atoms with van der Waals surface area (Å²) in [6, 6.07) is 9.91. The Hall–Kier alpha value is -2.16. The van der Waals surface area contributed by atoms with E-state index in [0.717, 1.165) is 35.8 Å². The predicted molar refractivity (Wildman–Crippen MR) is 115 cm³/mol. The molecule has 31 heavy (non-hydrogen) atoms. The number of nitrogens with one attached hydrogen (secondary N) is 1. The first kappa shape index (κ1) is 22.0. The topological polar surface area (TPSA) is 51.2 Å². The molecule has 0 radical (unpaired) electrons. The van der Waals surface area contributed by atoms with Gasteiger partial charge in [-0.05, 0) is 55.2 Å². The van der Waals surface area contributed by atoms with E-state index in [-0.39, 0.29) is 16.2 Å². The molecular weight excluding hydrogens is 449 g/mol. The zero-order valence-corrected chi connectivity index (χ0v) is 18.3. The molecule has 0 saturated carbocycles. The van der Waals surface area contributed by atoms with Gasteiger partial charge in [-0.25, -0.2) is 4.98 Å². The number of nitrogens with zero attached hydrogens (tertiary/aromatic N) is 1. The second-order valence-corrected chi connectivity index (χ2v) is 9.12. The Balaban J connectivity index is 1.58. The minimum absolute atomic E-state index is 0.205. The first-order valence-electron chi connectivity index (χ1n) is 9.79. The van der Waals surface area contributed by atoms with E-state index in [1.165, 1.54) is 6.07 Å². The third-order valence-corrected chi connectivity index (χ3v) is 7.25. The fourth-order valence-corrected chi connectivity index (χ4v) is 5.16. The van der Waals surface area contributed by atoms with Crippen molar-refractivity contribution in [2.24, 2.45) is 0 Å². The number of ether oxygens (including phenoxy) is 1. The molecule has 0 unspecified atom stereocenters. The number of aromatic nitrogens is 1. The number of hydrogen-bond donors (Lipinski definition) is 1. The molecule has 1 aliphatic rings. The van der Waals surface area contributed by atoms with Crippen molar-refractivity contribution in [1.82, 2.24) is 10.3 Å². The number of aryl methyl sites for hydroxylation is 1. The van der Waals surface area contributed by atoms with Crippen molar-refractivity contribution in [1.29, 1.82) is 0 Å². The molecule has 0 bridgehead atoms. The van der Waals surface area contributed by atoms with Gasteiger partial charge in [-0.1, -0.05) is 23.7 Å². The van der Waals surface area contributed by atoms with Gasteiger partial charge in [0.25, 0.3) is 5.91 Å². The van der Waals surface area contributed by atoms with Crippen LogP contribution in [-0.2, 0) is 16.3 Å². The van der Waals surface area contributed by atoms with Crippen LogP contribution in [0.3, 0.4) is 0 Å². The zero-order valence-electron chi connectivity index (χ0n) is 16.7. The molecule has 1 aromatic carbocycles. The highest BCUT2D eigenvalue weighted by atomic mass is 35.5. The largest absolute Gasteiger partial charge is 0.433 e. The smallest absolute Gasteiger partial charge is 0.381 e. The monoisotopic (exact) mass is 468 g/mol. The lowest BCUT2D eigenvalue weighted by atomic mass is 9.74. The van der Waals surface area contributed by atoms with Crippen molar-refractivity contribution in [2.45, 2.75) is 31.4 Å². The zero-order chi connectivity index (χ0) is 22.2. The lowest BCUT2D eigenvalue weighted by molar-refractivity contribution is -0.140. The van der Waals surface area contributed by atoms with Gasteiger partial charge in [-0.15, -0.1) is 11.3 Å². The second kappa shape index (κ2) is 8.41. The van der Waals surface area contributed by atoms with Crippen LogP contribution in [0.25, 0.3) is 10.2 Å². The number of benzene rings is 1. The summed E-state index contributed by atoms with van der Waals surface area (Å²) in [4.78, 5) is 17.3. The Morgan fingerprint density at radius 1 is 1.19 bits per heavy atom. The Morgan fingerprint density at radius 3 is 2.52 bits per heavy atom. The van der Waals surface area contributed by atoms with Crippen LogP contribution >= 0.6 is 22.9 Å². The van der Waals surface area contributed by atoms with E-state index in [4.69, 9.17) is 16.3 Å². The molecule has 0 aliphatic carbocycles. The van der Waals surface area contributed by atoms with Crippen molar-refractivity contribution < 1.29 is 22.7 Å². The number of rotatable bonds is 4. The highest BCUT2D eigenvalue weighted by molar-refractivity contribution is 7.20. The maximum atomic E-state index is 13.0. The van der Waals surface area contributed by atoms with Crippen LogP contribution in [0.1, 0.15) is 39.3 Å². The lowest BCUT2D eigenvalue weighted by Crippen LogP contribution is -2.44. The highest BCUT2D eigenvalue weighted by Gasteiger charge is 2.36. The van der Waals surface area contributed by atoms with Gasteiger partial charge in [0.2, 0.25) is 0 Å². The molecule has 1 aliphatic heterocycles. The van der Waals surface area contributed by atoms with Crippen LogP contribution < -0.4 is 5.32 Å². The third-order valence-electron chi connectivity index (χ3n) is 5.79. The SMILES string of the molecule is Cc1c(C(=O)NCC2(c3ccc(Cl)cc3)CCOCC2)sc2nc(C(F)(F)F)ccc12. The number of hydrogen-bond acceptors (Lipinski definition) is 4. The molecule has 3 heterocycles. The fourth-order valence-electron chi connectivity index (χ4n) is 3.94. The van der Waals surface area contributed by atoms with Gasteiger partial charge in [-0.2, -0.15) is 13.2 Å². The summed E-state index contributed by atoms with van der Waals surface area (Å²) in [7, 11) is 0. The van der Waals surface area contributed by atoms with Gasteiger partial charge in [0.1, 0.15) is 10.5 Å². The van der Waals surface area contributed by atoms with Gasteiger partial charge < -0.3 is 10.1 Å². The van der Waals surface area contributed by atoms with Gasteiger partial charge >= 0.3 is 6.18 Å². The van der Waals surface area contributed by atoms with Crippen LogP contribution in [0.4, 0.5) is 13.2 Å². The van der Waals surface area contributed by atoms with E-state index in [9.17, 15) is 18.0 Å². The number of fused-ring (bicyclic) bond motifs is 1. The van der Waals surface area contributed by atoms with Crippen LogP contribution in [0.5, 0.6) is 0 Å². The van der Waals surface area contributed by atoms with Gasteiger partial charge in [-0.3, -0.25) is 4.79 Å². The minimum atomic E-state index is -4.53. The average Bonchev–Trinajstić information content (AvgIpc) is 3.08. The molecular formula is C22H20ClF3N2O2S. The minimum Gasteiger partial charge on any atom is -0.381 e. The summed E-state index contributed by atoms with van der Waals surface area (Å²) in [6.07, 6.45) is -3.03. The Morgan fingerprint density at radius 2 is 1.87 bits per heavy atom. The molecule has 1 saturated heterocycles. The number of pyridine rings is 1. The van der Waals surface area contributed by atoms with Gasteiger partial charge in [0.15, 0.2) is 0 Å². The van der Waals surface area contributed by atoms with Crippen LogP contribution in [-0.4, -0.2) is 30.6 Å². The molecule has 164 valence electrons.